The number of aliphatic hydroxyl groups is 1. The third kappa shape index (κ3) is 7.35. The van der Waals surface area contributed by atoms with Crippen LogP contribution in [0.4, 0.5) is 0 Å². The van der Waals surface area contributed by atoms with Crippen LogP contribution in [-0.4, -0.2) is 81.0 Å². The predicted octanol–water partition coefficient (Wildman–Crippen LogP) is 3.53. The van der Waals surface area contributed by atoms with Crippen molar-refractivity contribution in [1.82, 2.24) is 15.5 Å². The molecule has 234 valence electrons. The summed E-state index contributed by atoms with van der Waals surface area (Å²) in [5, 5.41) is 15.2. The van der Waals surface area contributed by atoms with Crippen molar-refractivity contribution >= 4 is 11.8 Å². The first kappa shape index (κ1) is 31.0. The molecule has 0 aromatic heterocycles. The highest BCUT2D eigenvalue weighted by molar-refractivity contribution is 5.95. The van der Waals surface area contributed by atoms with Gasteiger partial charge in [0, 0.05) is 62.8 Å². The lowest BCUT2D eigenvalue weighted by Crippen LogP contribution is -2.57. The summed E-state index contributed by atoms with van der Waals surface area (Å²) in [6.07, 6.45) is 1.67. The average molecular weight is 606 g/mol. The Morgan fingerprint density at radius 1 is 0.886 bits per heavy atom. The number of amides is 2. The van der Waals surface area contributed by atoms with Crippen LogP contribution >= 0.6 is 0 Å². The number of piperidine rings is 1. The molecule has 2 amide bonds. The van der Waals surface area contributed by atoms with Gasteiger partial charge < -0.3 is 44.3 Å². The van der Waals surface area contributed by atoms with Gasteiger partial charge in [-0.05, 0) is 61.0 Å². The van der Waals surface area contributed by atoms with Crippen LogP contribution in [0.25, 0.3) is 0 Å². The van der Waals surface area contributed by atoms with E-state index in [4.69, 9.17) is 23.7 Å². The van der Waals surface area contributed by atoms with E-state index in [1.54, 1.807) is 61.7 Å². The molecule has 8 rings (SSSR count). The molecule has 0 aliphatic carbocycles. The molecule has 0 unspecified atom stereocenters. The zero-order valence-corrected chi connectivity index (χ0v) is 25.1. The number of carbonyl (C=O) groups is 2. The summed E-state index contributed by atoms with van der Waals surface area (Å²) in [5.41, 5.74) is 0.0911. The lowest BCUT2D eigenvalue weighted by Gasteiger charge is -2.40. The maximum atomic E-state index is 13.8. The van der Waals surface area contributed by atoms with E-state index in [1.165, 1.54) is 7.11 Å². The topological polar surface area (TPSA) is 128 Å². The van der Waals surface area contributed by atoms with Crippen LogP contribution in [0.15, 0.2) is 60.7 Å². The minimum atomic E-state index is -1.07. The lowest BCUT2D eigenvalue weighted by molar-refractivity contribution is -0.141. The molecular weight excluding hydrogens is 566 g/mol. The number of hydrogen-bond donors (Lipinski definition) is 3. The molecule has 5 aliphatic rings. The largest absolute Gasteiger partial charge is 0.496 e. The minimum absolute atomic E-state index is 0.130. The monoisotopic (exact) mass is 605 g/mol. The fourth-order valence-electron chi connectivity index (χ4n) is 5.37. The number of nitrogens with zero attached hydrogens (tertiary/aromatic N) is 1. The summed E-state index contributed by atoms with van der Waals surface area (Å²) in [6, 6.07) is 17.4. The van der Waals surface area contributed by atoms with Crippen molar-refractivity contribution in [2.24, 2.45) is 0 Å². The van der Waals surface area contributed by atoms with Crippen LogP contribution in [0.1, 0.15) is 35.2 Å². The third-order valence-electron chi connectivity index (χ3n) is 7.85. The van der Waals surface area contributed by atoms with Crippen molar-refractivity contribution in [1.29, 1.82) is 0 Å². The van der Waals surface area contributed by atoms with Gasteiger partial charge in [0.2, 0.25) is 0 Å². The van der Waals surface area contributed by atoms with E-state index < -0.39 is 5.60 Å². The highest BCUT2D eigenvalue weighted by Gasteiger charge is 2.43. The zero-order valence-electron chi connectivity index (χ0n) is 25.1. The van der Waals surface area contributed by atoms with E-state index in [9.17, 15) is 14.7 Å². The number of aliphatic hydroxyl groups excluding tert-OH is 1. The first-order chi connectivity index (χ1) is 21.4. The number of nitrogens with one attached hydrogen (secondary N) is 2. The van der Waals surface area contributed by atoms with Crippen LogP contribution in [0.3, 0.4) is 0 Å². The molecule has 0 radical (unpaired) electrons. The fraction of sp³-hybridized carbons (Fsp3) is 0.394. The van der Waals surface area contributed by atoms with Gasteiger partial charge in [0.15, 0.2) is 17.1 Å². The number of benzene rings is 3. The van der Waals surface area contributed by atoms with Gasteiger partial charge in [0.1, 0.15) is 29.6 Å². The molecule has 11 heteroatoms. The quantitative estimate of drug-likeness (QED) is 0.400. The summed E-state index contributed by atoms with van der Waals surface area (Å²) < 4.78 is 29.5. The Morgan fingerprint density at radius 3 is 2.34 bits per heavy atom. The normalized spacial score (nSPS) is 17.2. The number of rotatable bonds is 5. The average Bonchev–Trinajstić information content (AvgIpc) is 3.05. The van der Waals surface area contributed by atoms with Crippen molar-refractivity contribution in [2.75, 3.05) is 53.6 Å². The van der Waals surface area contributed by atoms with Crippen LogP contribution in [0.2, 0.25) is 0 Å². The first-order valence-corrected chi connectivity index (χ1v) is 14.8. The molecule has 0 saturated carbocycles. The molecule has 1 fully saturated rings. The van der Waals surface area contributed by atoms with Crippen LogP contribution in [-0.2, 0) is 11.3 Å². The van der Waals surface area contributed by atoms with Gasteiger partial charge in [-0.1, -0.05) is 0 Å². The highest BCUT2D eigenvalue weighted by Crippen LogP contribution is 2.35. The van der Waals surface area contributed by atoms with E-state index in [1.807, 2.05) is 6.07 Å². The molecule has 0 atom stereocenters. The van der Waals surface area contributed by atoms with E-state index >= 15 is 0 Å². The Kier molecular flexibility index (Phi) is 10.1. The Hall–Kier alpha value is -4.48. The Labute approximate surface area is 257 Å². The van der Waals surface area contributed by atoms with Crippen molar-refractivity contribution in [2.45, 2.75) is 31.4 Å². The van der Waals surface area contributed by atoms with Gasteiger partial charge in [-0.2, -0.15) is 0 Å². The number of likely N-dealkylation sites (tertiary alicyclic amines) is 1. The summed E-state index contributed by atoms with van der Waals surface area (Å²) in [6.45, 7) is 2.99. The summed E-state index contributed by atoms with van der Waals surface area (Å²) in [7, 11) is 3.09. The van der Waals surface area contributed by atoms with Gasteiger partial charge in [0.25, 0.3) is 11.8 Å². The minimum Gasteiger partial charge on any atom is -0.496 e. The molecule has 3 N–H and O–H groups in total. The number of hydrogen-bond acceptors (Lipinski definition) is 9. The second kappa shape index (κ2) is 14.3. The second-order valence-corrected chi connectivity index (χ2v) is 10.7. The van der Waals surface area contributed by atoms with Gasteiger partial charge >= 0.3 is 0 Å². The van der Waals surface area contributed by atoms with Crippen LogP contribution in [0.5, 0.6) is 34.5 Å². The maximum Gasteiger partial charge on any atom is 0.264 e. The van der Waals surface area contributed by atoms with Gasteiger partial charge in [-0.25, -0.2) is 0 Å². The molecule has 5 heterocycles. The van der Waals surface area contributed by atoms with Gasteiger partial charge in [-0.3, -0.25) is 9.59 Å². The third-order valence-corrected chi connectivity index (χ3v) is 7.85. The standard InChI is InChI=1S/C33H39N3O8/c1-40-28-11-5-23-20-30(28)43-27-6-4-24(29(21-27)41-2)22-35-32(39)33(12-16-36(17-13-33)15-3-18-37)44-26-9-7-25(8-10-26)42-19-14-34-31(23)38/h4-11,20-21,37H,3,12-19,22H2,1-2H3,(H,34,38)(H,35,39). The maximum absolute atomic E-state index is 13.8. The molecule has 3 aromatic rings. The highest BCUT2D eigenvalue weighted by atomic mass is 16.5. The zero-order chi connectivity index (χ0) is 30.9. The summed E-state index contributed by atoms with van der Waals surface area (Å²) in [4.78, 5) is 28.9. The van der Waals surface area contributed by atoms with Gasteiger partial charge in [0.05, 0.1) is 20.8 Å². The molecule has 3 aromatic carbocycles. The number of carbonyl (C=O) groups excluding carboxylic acids is 2. The van der Waals surface area contributed by atoms with Crippen molar-refractivity contribution < 1.29 is 38.4 Å². The Bertz CT molecular complexity index is 1440. The number of ether oxygens (including phenoxy) is 5. The molecule has 11 nitrogen and oxygen atoms in total. The molecule has 6 bridgehead atoms. The second-order valence-electron chi connectivity index (χ2n) is 10.7. The first-order valence-electron chi connectivity index (χ1n) is 14.8. The smallest absolute Gasteiger partial charge is 0.264 e. The SMILES string of the molecule is COc1cc2ccc1CNC(=O)C1(CCN(CCCO)CC1)Oc1ccc(cc1)OCCNC(=O)c1ccc(OC)c(c1)O2. The van der Waals surface area contributed by atoms with Crippen molar-refractivity contribution in [3.05, 3.63) is 71.8 Å². The Balaban J connectivity index is 1.43. The van der Waals surface area contributed by atoms with Crippen LogP contribution in [0, 0.1) is 0 Å². The van der Waals surface area contributed by atoms with E-state index in [2.05, 4.69) is 15.5 Å². The molecule has 44 heavy (non-hydrogen) atoms. The molecule has 1 saturated heterocycles. The molecular formula is C33H39N3O8. The number of methoxy groups -OCH3 is 2. The predicted molar refractivity (Wildman–Crippen MR) is 163 cm³/mol. The summed E-state index contributed by atoms with van der Waals surface area (Å²) in [5.74, 6) is 2.52. The molecule has 1 spiro atoms. The lowest BCUT2D eigenvalue weighted by atomic mass is 9.89. The molecule has 5 aliphatic heterocycles. The van der Waals surface area contributed by atoms with E-state index in [-0.39, 0.29) is 38.1 Å². The van der Waals surface area contributed by atoms with E-state index in [0.717, 1.165) is 12.1 Å². The van der Waals surface area contributed by atoms with Crippen LogP contribution < -0.4 is 34.3 Å². The summed E-state index contributed by atoms with van der Waals surface area (Å²) >= 11 is 0. The fourth-order valence-corrected chi connectivity index (χ4v) is 5.37. The van der Waals surface area contributed by atoms with Crippen molar-refractivity contribution in [3.8, 4) is 34.5 Å². The van der Waals surface area contributed by atoms with E-state index in [0.29, 0.717) is 72.4 Å². The van der Waals surface area contributed by atoms with Gasteiger partial charge in [-0.15, -0.1) is 0 Å². The Morgan fingerprint density at radius 2 is 1.61 bits per heavy atom. The van der Waals surface area contributed by atoms with Crippen molar-refractivity contribution in [3.63, 3.8) is 0 Å².